The average molecular weight is 494 g/mol. The van der Waals surface area contributed by atoms with Crippen LogP contribution in [0.3, 0.4) is 0 Å². The largest absolute Gasteiger partial charge is 0.352 e. The molecule has 0 aromatic heterocycles. The number of rotatable bonds is 10. The third-order valence-electron chi connectivity index (χ3n) is 5.47. The van der Waals surface area contributed by atoms with Gasteiger partial charge in [-0.15, -0.1) is 0 Å². The molecule has 0 aliphatic heterocycles. The second kappa shape index (κ2) is 11.5. The van der Waals surface area contributed by atoms with E-state index in [1.807, 2.05) is 44.2 Å². The molecule has 9 heteroatoms. The second-order valence-electron chi connectivity index (χ2n) is 8.20. The van der Waals surface area contributed by atoms with Crippen LogP contribution in [0.15, 0.2) is 48.5 Å². The Morgan fingerprint density at radius 2 is 1.73 bits per heavy atom. The van der Waals surface area contributed by atoms with Gasteiger partial charge >= 0.3 is 0 Å². The van der Waals surface area contributed by atoms with Crippen molar-refractivity contribution in [2.45, 2.75) is 52.7 Å². The van der Waals surface area contributed by atoms with Gasteiger partial charge in [-0.25, -0.2) is 8.42 Å². The zero-order chi connectivity index (χ0) is 24.8. The fraction of sp³-hybridized carbons (Fsp3) is 0.417. The van der Waals surface area contributed by atoms with Gasteiger partial charge in [0.1, 0.15) is 12.6 Å². The highest BCUT2D eigenvalue weighted by molar-refractivity contribution is 7.92. The summed E-state index contributed by atoms with van der Waals surface area (Å²) in [4.78, 5) is 27.7. The molecule has 180 valence electrons. The van der Waals surface area contributed by atoms with Crippen LogP contribution in [0.1, 0.15) is 38.3 Å². The third-order valence-corrected chi connectivity index (χ3v) is 6.83. The van der Waals surface area contributed by atoms with Crippen molar-refractivity contribution in [2.24, 2.45) is 0 Å². The average Bonchev–Trinajstić information content (AvgIpc) is 2.75. The molecule has 0 spiro atoms. The highest BCUT2D eigenvalue weighted by Gasteiger charge is 2.30. The molecule has 0 saturated carbocycles. The Hall–Kier alpha value is -2.58. The molecule has 1 N–H and O–H groups in total. The van der Waals surface area contributed by atoms with Gasteiger partial charge in [-0.05, 0) is 56.5 Å². The van der Waals surface area contributed by atoms with E-state index in [-0.39, 0.29) is 18.5 Å². The molecule has 0 heterocycles. The number of carbonyl (C=O) groups excluding carboxylic acids is 2. The standard InChI is InChI=1S/C24H32ClN3O4S/c1-6-18(3)26-24(30)19(4)27(15-20-10-8-7-9-11-20)23(29)16-28(33(5,31)32)22-13-12-21(25)14-17(22)2/h7-14,18-19H,6,15-16H2,1-5H3,(H,26,30)/t18-,19+/m0/s1. The Balaban J connectivity index is 2.39. The van der Waals surface area contributed by atoms with Gasteiger partial charge in [0.2, 0.25) is 21.8 Å². The van der Waals surface area contributed by atoms with Gasteiger partial charge in [0.25, 0.3) is 0 Å². The molecule has 0 fully saturated rings. The topological polar surface area (TPSA) is 86.8 Å². The van der Waals surface area contributed by atoms with E-state index in [9.17, 15) is 18.0 Å². The van der Waals surface area contributed by atoms with Gasteiger partial charge in [-0.2, -0.15) is 0 Å². The van der Waals surface area contributed by atoms with Gasteiger partial charge in [0.15, 0.2) is 0 Å². The Morgan fingerprint density at radius 3 is 2.27 bits per heavy atom. The van der Waals surface area contributed by atoms with Crippen molar-refractivity contribution < 1.29 is 18.0 Å². The molecule has 2 aromatic rings. The monoisotopic (exact) mass is 493 g/mol. The molecular formula is C24H32ClN3O4S. The minimum Gasteiger partial charge on any atom is -0.352 e. The number of carbonyl (C=O) groups is 2. The van der Waals surface area contributed by atoms with E-state index in [1.165, 1.54) is 4.90 Å². The first-order chi connectivity index (χ1) is 15.4. The number of amides is 2. The molecule has 33 heavy (non-hydrogen) atoms. The molecule has 0 aliphatic rings. The molecule has 0 saturated heterocycles. The van der Waals surface area contributed by atoms with Crippen molar-refractivity contribution in [3.63, 3.8) is 0 Å². The molecular weight excluding hydrogens is 462 g/mol. The number of hydrogen-bond donors (Lipinski definition) is 1. The number of anilines is 1. The van der Waals surface area contributed by atoms with E-state index in [2.05, 4.69) is 5.32 Å². The Bertz CT molecular complexity index is 1080. The number of halogens is 1. The Labute approximate surface area is 201 Å². The zero-order valence-electron chi connectivity index (χ0n) is 19.7. The molecule has 2 amide bonds. The van der Waals surface area contributed by atoms with Crippen LogP contribution < -0.4 is 9.62 Å². The van der Waals surface area contributed by atoms with E-state index in [1.54, 1.807) is 32.0 Å². The van der Waals surface area contributed by atoms with Crippen LogP contribution in [-0.4, -0.2) is 50.0 Å². The Kier molecular flexibility index (Phi) is 9.31. The van der Waals surface area contributed by atoms with Crippen LogP contribution in [-0.2, 0) is 26.2 Å². The molecule has 0 bridgehead atoms. The normalized spacial score (nSPS) is 13.2. The van der Waals surface area contributed by atoms with Crippen molar-refractivity contribution >= 4 is 39.1 Å². The number of sulfonamides is 1. The van der Waals surface area contributed by atoms with Crippen LogP contribution >= 0.6 is 11.6 Å². The fourth-order valence-electron chi connectivity index (χ4n) is 3.32. The summed E-state index contributed by atoms with van der Waals surface area (Å²) in [6, 6.07) is 13.2. The van der Waals surface area contributed by atoms with Gasteiger partial charge in [0.05, 0.1) is 11.9 Å². The number of nitrogens with one attached hydrogen (secondary N) is 1. The van der Waals surface area contributed by atoms with Crippen molar-refractivity contribution in [1.29, 1.82) is 0 Å². The Morgan fingerprint density at radius 1 is 1.09 bits per heavy atom. The molecule has 7 nitrogen and oxygen atoms in total. The summed E-state index contributed by atoms with van der Waals surface area (Å²) < 4.78 is 26.3. The van der Waals surface area contributed by atoms with Gasteiger partial charge in [-0.1, -0.05) is 48.9 Å². The van der Waals surface area contributed by atoms with E-state index >= 15 is 0 Å². The first-order valence-electron chi connectivity index (χ1n) is 10.8. The van der Waals surface area contributed by atoms with Gasteiger partial charge in [-0.3, -0.25) is 13.9 Å². The third kappa shape index (κ3) is 7.47. The zero-order valence-corrected chi connectivity index (χ0v) is 21.3. The number of hydrogen-bond acceptors (Lipinski definition) is 4. The highest BCUT2D eigenvalue weighted by Crippen LogP contribution is 2.26. The smallest absolute Gasteiger partial charge is 0.244 e. The van der Waals surface area contributed by atoms with Crippen molar-refractivity contribution in [3.8, 4) is 0 Å². The first kappa shape index (κ1) is 26.7. The summed E-state index contributed by atoms with van der Waals surface area (Å²) in [5.41, 5.74) is 1.83. The van der Waals surface area contributed by atoms with Gasteiger partial charge in [0, 0.05) is 17.6 Å². The maximum atomic E-state index is 13.5. The number of benzene rings is 2. The lowest BCUT2D eigenvalue weighted by molar-refractivity contribution is -0.139. The van der Waals surface area contributed by atoms with Crippen molar-refractivity contribution in [3.05, 3.63) is 64.7 Å². The summed E-state index contributed by atoms with van der Waals surface area (Å²) in [6.45, 7) is 6.97. The van der Waals surface area contributed by atoms with Crippen molar-refractivity contribution in [2.75, 3.05) is 17.1 Å². The maximum Gasteiger partial charge on any atom is 0.244 e. The quantitative estimate of drug-likeness (QED) is 0.546. The molecule has 2 aromatic carbocycles. The van der Waals surface area contributed by atoms with Crippen LogP contribution in [0.4, 0.5) is 5.69 Å². The predicted octanol–water partition coefficient (Wildman–Crippen LogP) is 3.75. The number of aryl methyl sites for hydroxylation is 1. The van der Waals surface area contributed by atoms with Crippen LogP contribution in [0.2, 0.25) is 5.02 Å². The summed E-state index contributed by atoms with van der Waals surface area (Å²) in [5, 5.41) is 3.37. The molecule has 2 rings (SSSR count). The van der Waals surface area contributed by atoms with E-state index in [4.69, 9.17) is 11.6 Å². The minimum absolute atomic E-state index is 0.0436. The summed E-state index contributed by atoms with van der Waals surface area (Å²) in [5.74, 6) is -0.771. The van der Waals surface area contributed by atoms with Crippen molar-refractivity contribution in [1.82, 2.24) is 10.2 Å². The SMILES string of the molecule is CC[C@H](C)NC(=O)[C@@H](C)N(Cc1ccccc1)C(=O)CN(c1ccc(Cl)cc1C)S(C)(=O)=O. The highest BCUT2D eigenvalue weighted by atomic mass is 35.5. The fourth-order valence-corrected chi connectivity index (χ4v) is 4.46. The lowest BCUT2D eigenvalue weighted by Crippen LogP contribution is -2.52. The maximum absolute atomic E-state index is 13.5. The molecule has 2 atom stereocenters. The number of nitrogens with zero attached hydrogens (tertiary/aromatic N) is 2. The summed E-state index contributed by atoms with van der Waals surface area (Å²) in [7, 11) is -3.78. The molecule has 0 aliphatic carbocycles. The van der Waals surface area contributed by atoms with E-state index in [0.717, 1.165) is 22.5 Å². The lowest BCUT2D eigenvalue weighted by atomic mass is 10.1. The van der Waals surface area contributed by atoms with E-state index < -0.39 is 28.5 Å². The first-order valence-corrected chi connectivity index (χ1v) is 13.0. The predicted molar refractivity (Wildman–Crippen MR) is 133 cm³/mol. The minimum atomic E-state index is -3.78. The summed E-state index contributed by atoms with van der Waals surface area (Å²) in [6.07, 6.45) is 1.80. The summed E-state index contributed by atoms with van der Waals surface area (Å²) >= 11 is 6.02. The molecule has 0 radical (unpaired) electrons. The van der Waals surface area contributed by atoms with Gasteiger partial charge < -0.3 is 10.2 Å². The van der Waals surface area contributed by atoms with Crippen LogP contribution in [0.25, 0.3) is 0 Å². The van der Waals surface area contributed by atoms with E-state index in [0.29, 0.717) is 16.3 Å². The van der Waals surface area contributed by atoms with Crippen LogP contribution in [0, 0.1) is 6.92 Å². The lowest BCUT2D eigenvalue weighted by Gasteiger charge is -2.32. The van der Waals surface area contributed by atoms with Crippen LogP contribution in [0.5, 0.6) is 0 Å². The second-order valence-corrected chi connectivity index (χ2v) is 10.5. The molecule has 0 unspecified atom stereocenters.